The molecule has 0 atom stereocenters. The van der Waals surface area contributed by atoms with Crippen molar-refractivity contribution in [3.05, 3.63) is 69.1 Å². The van der Waals surface area contributed by atoms with Crippen molar-refractivity contribution < 1.29 is 9.90 Å². The van der Waals surface area contributed by atoms with E-state index in [1.165, 1.54) is 16.9 Å². The molecule has 3 aromatic rings. The van der Waals surface area contributed by atoms with Crippen LogP contribution in [0.25, 0.3) is 11.1 Å². The molecule has 24 heavy (non-hydrogen) atoms. The Balaban J connectivity index is 1.87. The molecule has 1 aromatic heterocycles. The number of carboxylic acid groups (broad SMARTS) is 1. The Morgan fingerprint density at radius 1 is 1.21 bits per heavy atom. The molecule has 0 amide bonds. The first kappa shape index (κ1) is 16.5. The van der Waals surface area contributed by atoms with Gasteiger partial charge in [-0.15, -0.1) is 11.3 Å². The fourth-order valence-corrected chi connectivity index (χ4v) is 3.27. The van der Waals surface area contributed by atoms with Crippen molar-refractivity contribution in [2.45, 2.75) is 13.5 Å². The van der Waals surface area contributed by atoms with Gasteiger partial charge in [-0.3, -0.25) is 0 Å². The van der Waals surface area contributed by atoms with Crippen LogP contribution in [0.1, 0.15) is 20.8 Å². The second kappa shape index (κ2) is 7.03. The lowest BCUT2D eigenvalue weighted by atomic mass is 10.0. The summed E-state index contributed by atoms with van der Waals surface area (Å²) in [5, 5.41) is 12.7. The highest BCUT2D eigenvalue weighted by Gasteiger charge is 2.12. The molecule has 0 radical (unpaired) electrons. The van der Waals surface area contributed by atoms with Gasteiger partial charge in [-0.1, -0.05) is 47.5 Å². The van der Waals surface area contributed by atoms with Gasteiger partial charge in [0.25, 0.3) is 0 Å². The molecular formula is C18H15ClN2O2S. The van der Waals surface area contributed by atoms with Crippen LogP contribution in [-0.2, 0) is 6.54 Å². The van der Waals surface area contributed by atoms with Crippen LogP contribution < -0.4 is 5.32 Å². The predicted molar refractivity (Wildman–Crippen MR) is 98.0 cm³/mol. The maximum atomic E-state index is 11.6. The lowest BCUT2D eigenvalue weighted by molar-refractivity contribution is 0.0698. The number of rotatable bonds is 5. The van der Waals surface area contributed by atoms with Crippen molar-refractivity contribution in [1.29, 1.82) is 0 Å². The third kappa shape index (κ3) is 3.75. The maximum Gasteiger partial charge on any atom is 0.337 e. The molecule has 3 rings (SSSR count). The van der Waals surface area contributed by atoms with E-state index in [9.17, 15) is 9.90 Å². The Hall–Kier alpha value is -2.37. The molecular weight excluding hydrogens is 344 g/mol. The summed E-state index contributed by atoms with van der Waals surface area (Å²) >= 11 is 7.18. The van der Waals surface area contributed by atoms with E-state index in [2.05, 4.69) is 10.3 Å². The highest BCUT2D eigenvalue weighted by atomic mass is 35.5. The first-order chi connectivity index (χ1) is 11.5. The molecule has 0 aliphatic carbocycles. The number of thiazole rings is 1. The van der Waals surface area contributed by atoms with Gasteiger partial charge in [-0.2, -0.15) is 0 Å². The van der Waals surface area contributed by atoms with Crippen LogP contribution in [0, 0.1) is 6.92 Å². The standard InChI is InChI=1S/C18H15ClN2O2S/c1-11-2-4-12(5-3-11)13-6-7-16(15(8-13)17(22)23)20-9-14-10-21-18(19)24-14/h2-8,10,20H,9H2,1H3,(H,22,23). The molecule has 1 heterocycles. The van der Waals surface area contributed by atoms with E-state index in [1.807, 2.05) is 37.3 Å². The molecule has 0 bridgehead atoms. The minimum Gasteiger partial charge on any atom is -0.478 e. The van der Waals surface area contributed by atoms with E-state index in [0.29, 0.717) is 16.7 Å². The topological polar surface area (TPSA) is 62.2 Å². The van der Waals surface area contributed by atoms with Crippen LogP contribution in [0.5, 0.6) is 0 Å². The minimum absolute atomic E-state index is 0.240. The maximum absolute atomic E-state index is 11.6. The van der Waals surface area contributed by atoms with Crippen molar-refractivity contribution in [3.8, 4) is 11.1 Å². The summed E-state index contributed by atoms with van der Waals surface area (Å²) in [4.78, 5) is 16.5. The number of nitrogens with zero attached hydrogens (tertiary/aromatic N) is 1. The largest absolute Gasteiger partial charge is 0.478 e. The Kier molecular flexibility index (Phi) is 4.83. The van der Waals surface area contributed by atoms with Gasteiger partial charge < -0.3 is 10.4 Å². The van der Waals surface area contributed by atoms with Gasteiger partial charge >= 0.3 is 5.97 Å². The van der Waals surface area contributed by atoms with E-state index >= 15 is 0 Å². The van der Waals surface area contributed by atoms with Gasteiger partial charge in [0.2, 0.25) is 0 Å². The van der Waals surface area contributed by atoms with Crippen molar-refractivity contribution in [2.75, 3.05) is 5.32 Å². The molecule has 122 valence electrons. The molecule has 0 saturated carbocycles. The molecule has 2 aromatic carbocycles. The third-order valence-electron chi connectivity index (χ3n) is 3.61. The monoisotopic (exact) mass is 358 g/mol. The number of carbonyl (C=O) groups is 1. The molecule has 0 fully saturated rings. The highest BCUT2D eigenvalue weighted by molar-refractivity contribution is 7.15. The lowest BCUT2D eigenvalue weighted by Crippen LogP contribution is -2.06. The van der Waals surface area contributed by atoms with Gasteiger partial charge in [0.05, 0.1) is 12.1 Å². The molecule has 0 unspecified atom stereocenters. The molecule has 2 N–H and O–H groups in total. The molecule has 0 aliphatic rings. The van der Waals surface area contributed by atoms with Crippen molar-refractivity contribution in [1.82, 2.24) is 4.98 Å². The van der Waals surface area contributed by atoms with Crippen molar-refractivity contribution in [2.24, 2.45) is 0 Å². The third-order valence-corrected chi connectivity index (χ3v) is 4.73. The molecule has 4 nitrogen and oxygen atoms in total. The number of nitrogens with one attached hydrogen (secondary N) is 1. The summed E-state index contributed by atoms with van der Waals surface area (Å²) in [6, 6.07) is 13.4. The summed E-state index contributed by atoms with van der Waals surface area (Å²) in [5.41, 5.74) is 3.84. The van der Waals surface area contributed by atoms with Crippen LogP contribution >= 0.6 is 22.9 Å². The predicted octanol–water partition coefficient (Wildman–Crippen LogP) is 5.08. The number of aryl methyl sites for hydroxylation is 1. The Morgan fingerprint density at radius 3 is 2.54 bits per heavy atom. The zero-order valence-corrected chi connectivity index (χ0v) is 14.5. The fraction of sp³-hybridized carbons (Fsp3) is 0.111. The van der Waals surface area contributed by atoms with Gasteiger partial charge in [0.15, 0.2) is 4.47 Å². The average Bonchev–Trinajstić information content (AvgIpc) is 2.99. The molecule has 0 spiro atoms. The molecule has 0 aliphatic heterocycles. The van der Waals surface area contributed by atoms with E-state index in [0.717, 1.165) is 16.0 Å². The second-order valence-corrected chi connectivity index (χ2v) is 7.06. The van der Waals surface area contributed by atoms with E-state index in [4.69, 9.17) is 11.6 Å². The van der Waals surface area contributed by atoms with E-state index in [-0.39, 0.29) is 5.56 Å². The number of hydrogen-bond donors (Lipinski definition) is 2. The van der Waals surface area contributed by atoms with Crippen molar-refractivity contribution >= 4 is 34.6 Å². The van der Waals surface area contributed by atoms with Crippen LogP contribution in [0.4, 0.5) is 5.69 Å². The van der Waals surface area contributed by atoms with Gasteiger partial charge in [0.1, 0.15) is 0 Å². The number of aromatic nitrogens is 1. The van der Waals surface area contributed by atoms with E-state index < -0.39 is 5.97 Å². The first-order valence-electron chi connectivity index (χ1n) is 7.31. The Morgan fingerprint density at radius 2 is 1.92 bits per heavy atom. The number of benzene rings is 2. The summed E-state index contributed by atoms with van der Waals surface area (Å²) in [5.74, 6) is -0.964. The van der Waals surface area contributed by atoms with Gasteiger partial charge in [-0.25, -0.2) is 9.78 Å². The average molecular weight is 359 g/mol. The summed E-state index contributed by atoms with van der Waals surface area (Å²) < 4.78 is 0.472. The summed E-state index contributed by atoms with van der Waals surface area (Å²) in [6.07, 6.45) is 1.68. The van der Waals surface area contributed by atoms with Gasteiger partial charge in [0, 0.05) is 16.8 Å². The van der Waals surface area contributed by atoms with Crippen LogP contribution in [0.2, 0.25) is 4.47 Å². The lowest BCUT2D eigenvalue weighted by Gasteiger charge is -2.11. The Bertz CT molecular complexity index is 875. The Labute approximate surface area is 148 Å². The zero-order chi connectivity index (χ0) is 17.1. The van der Waals surface area contributed by atoms with Crippen LogP contribution in [-0.4, -0.2) is 16.1 Å². The van der Waals surface area contributed by atoms with Gasteiger partial charge in [-0.05, 0) is 30.2 Å². The van der Waals surface area contributed by atoms with Crippen LogP contribution in [0.3, 0.4) is 0 Å². The number of hydrogen-bond acceptors (Lipinski definition) is 4. The van der Waals surface area contributed by atoms with Crippen LogP contribution in [0.15, 0.2) is 48.7 Å². The van der Waals surface area contributed by atoms with E-state index in [1.54, 1.807) is 18.3 Å². The van der Waals surface area contributed by atoms with Crippen molar-refractivity contribution in [3.63, 3.8) is 0 Å². The summed E-state index contributed by atoms with van der Waals surface area (Å²) in [7, 11) is 0. The normalized spacial score (nSPS) is 10.6. The number of anilines is 1. The zero-order valence-electron chi connectivity index (χ0n) is 12.9. The SMILES string of the molecule is Cc1ccc(-c2ccc(NCc3cnc(Cl)s3)c(C(=O)O)c2)cc1. The fourth-order valence-electron chi connectivity index (χ4n) is 2.35. The number of aromatic carboxylic acids is 1. The number of halogens is 1. The second-order valence-electron chi connectivity index (χ2n) is 5.36. The quantitative estimate of drug-likeness (QED) is 0.667. The smallest absolute Gasteiger partial charge is 0.337 e. The highest BCUT2D eigenvalue weighted by Crippen LogP contribution is 2.27. The molecule has 0 saturated heterocycles. The molecule has 6 heteroatoms. The first-order valence-corrected chi connectivity index (χ1v) is 8.51. The summed E-state index contributed by atoms with van der Waals surface area (Å²) in [6.45, 7) is 2.50. The number of carboxylic acids is 1. The minimum atomic E-state index is -0.964.